The highest BCUT2D eigenvalue weighted by atomic mass is 19.1. The van der Waals surface area contributed by atoms with Crippen molar-refractivity contribution >= 4 is 11.0 Å². The average molecular weight is 362 g/mol. The Morgan fingerprint density at radius 2 is 2.15 bits per heavy atom. The fraction of sp³-hybridized carbons (Fsp3) is 0.333. The van der Waals surface area contributed by atoms with Crippen molar-refractivity contribution in [3.8, 4) is 11.8 Å². The zero-order valence-corrected chi connectivity index (χ0v) is 15.1. The highest BCUT2D eigenvalue weighted by molar-refractivity contribution is 5.74. The lowest BCUT2D eigenvalue weighted by molar-refractivity contribution is 0.131. The molecule has 0 spiro atoms. The quantitative estimate of drug-likeness (QED) is 0.624. The molecule has 4 rings (SSSR count). The first-order chi connectivity index (χ1) is 13.1. The van der Waals surface area contributed by atoms with Gasteiger partial charge in [-0.25, -0.2) is 19.3 Å². The van der Waals surface area contributed by atoms with Gasteiger partial charge in [0.25, 0.3) is 5.56 Å². The molecule has 6 heteroatoms. The van der Waals surface area contributed by atoms with E-state index >= 15 is 0 Å². The molecule has 27 heavy (non-hydrogen) atoms. The molecule has 1 atom stereocenters. The van der Waals surface area contributed by atoms with Crippen LogP contribution in [0.4, 0.5) is 4.39 Å². The SMILES string of the molecule is CCC1(F)CCc2nc3cc(C#Cc4ccccn4)cnc3c(=O)n2CC1. The Morgan fingerprint density at radius 3 is 2.93 bits per heavy atom. The number of halogens is 1. The molecule has 0 saturated heterocycles. The fourth-order valence-electron chi connectivity index (χ4n) is 3.34. The first kappa shape index (κ1) is 17.3. The highest BCUT2D eigenvalue weighted by Crippen LogP contribution is 2.30. The molecule has 0 fully saturated rings. The third-order valence-electron chi connectivity index (χ3n) is 5.09. The van der Waals surface area contributed by atoms with Crippen molar-refractivity contribution in [3.05, 3.63) is 64.1 Å². The molecule has 1 unspecified atom stereocenters. The van der Waals surface area contributed by atoms with Crippen LogP contribution in [0.3, 0.4) is 0 Å². The zero-order chi connectivity index (χ0) is 18.9. The topological polar surface area (TPSA) is 60.7 Å². The van der Waals surface area contributed by atoms with Crippen LogP contribution in [0.15, 0.2) is 41.5 Å². The molecule has 0 saturated carbocycles. The molecule has 4 heterocycles. The van der Waals surface area contributed by atoms with Crippen LogP contribution in [0.2, 0.25) is 0 Å². The van der Waals surface area contributed by atoms with E-state index in [1.165, 1.54) is 0 Å². The third-order valence-corrected chi connectivity index (χ3v) is 5.09. The number of fused-ring (bicyclic) bond motifs is 2. The Hall–Kier alpha value is -3.07. The molecular weight excluding hydrogens is 343 g/mol. The number of pyridine rings is 2. The van der Waals surface area contributed by atoms with E-state index in [1.54, 1.807) is 23.0 Å². The summed E-state index contributed by atoms with van der Waals surface area (Å²) in [4.78, 5) is 25.8. The summed E-state index contributed by atoms with van der Waals surface area (Å²) in [5, 5.41) is 0. The van der Waals surface area contributed by atoms with E-state index < -0.39 is 5.67 Å². The van der Waals surface area contributed by atoms with Crippen molar-refractivity contribution in [1.82, 2.24) is 19.5 Å². The monoisotopic (exact) mass is 362 g/mol. The molecule has 0 bridgehead atoms. The summed E-state index contributed by atoms with van der Waals surface area (Å²) in [6, 6.07) is 7.28. The predicted octanol–water partition coefficient (Wildman–Crippen LogP) is 3.04. The zero-order valence-electron chi connectivity index (χ0n) is 15.1. The van der Waals surface area contributed by atoms with Gasteiger partial charge in [0.1, 0.15) is 17.2 Å². The summed E-state index contributed by atoms with van der Waals surface area (Å²) >= 11 is 0. The lowest BCUT2D eigenvalue weighted by atomic mass is 9.94. The first-order valence-corrected chi connectivity index (χ1v) is 9.09. The summed E-state index contributed by atoms with van der Waals surface area (Å²) < 4.78 is 16.3. The van der Waals surface area contributed by atoms with Crippen LogP contribution in [0.1, 0.15) is 43.3 Å². The number of aryl methyl sites for hydroxylation is 1. The van der Waals surface area contributed by atoms with E-state index in [4.69, 9.17) is 0 Å². The van der Waals surface area contributed by atoms with Gasteiger partial charge < -0.3 is 0 Å². The van der Waals surface area contributed by atoms with E-state index in [0.29, 0.717) is 60.3 Å². The molecule has 3 aromatic heterocycles. The molecule has 0 aromatic carbocycles. The molecule has 0 radical (unpaired) electrons. The van der Waals surface area contributed by atoms with Gasteiger partial charge in [-0.2, -0.15) is 0 Å². The van der Waals surface area contributed by atoms with Gasteiger partial charge in [-0.05, 0) is 43.4 Å². The molecule has 1 aliphatic rings. The van der Waals surface area contributed by atoms with E-state index in [9.17, 15) is 9.18 Å². The second-order valence-electron chi connectivity index (χ2n) is 6.80. The van der Waals surface area contributed by atoms with Gasteiger partial charge in [-0.15, -0.1) is 0 Å². The highest BCUT2D eigenvalue weighted by Gasteiger charge is 2.31. The van der Waals surface area contributed by atoms with Crippen molar-refractivity contribution in [2.75, 3.05) is 0 Å². The number of hydrogen-bond donors (Lipinski definition) is 0. The first-order valence-electron chi connectivity index (χ1n) is 9.09. The van der Waals surface area contributed by atoms with Crippen molar-refractivity contribution in [2.45, 2.75) is 44.8 Å². The summed E-state index contributed by atoms with van der Waals surface area (Å²) in [5.74, 6) is 6.59. The smallest absolute Gasteiger partial charge is 0.280 e. The molecule has 1 aliphatic heterocycles. The third kappa shape index (κ3) is 3.45. The summed E-state index contributed by atoms with van der Waals surface area (Å²) in [5.41, 5.74) is 0.670. The van der Waals surface area contributed by atoms with Gasteiger partial charge in [0.2, 0.25) is 0 Å². The minimum atomic E-state index is -1.24. The number of hydrogen-bond acceptors (Lipinski definition) is 4. The van der Waals surface area contributed by atoms with Crippen LogP contribution in [0.5, 0.6) is 0 Å². The van der Waals surface area contributed by atoms with Gasteiger partial charge >= 0.3 is 0 Å². The molecular formula is C21H19FN4O. The molecule has 0 aliphatic carbocycles. The van der Waals surface area contributed by atoms with Crippen molar-refractivity contribution < 1.29 is 4.39 Å². The van der Waals surface area contributed by atoms with Crippen LogP contribution in [-0.2, 0) is 13.0 Å². The molecule has 3 aromatic rings. The standard InChI is InChI=1S/C21H19FN4O/c1-2-21(22)9-8-18-25-17-13-15(6-7-16-5-3-4-11-23-16)14-24-19(17)20(27)26(18)12-10-21/h3-5,11,13-14H,2,8-10,12H2,1H3. The number of rotatable bonds is 1. The summed E-state index contributed by atoms with van der Waals surface area (Å²) in [6.07, 6.45) is 4.85. The van der Waals surface area contributed by atoms with E-state index in [1.807, 2.05) is 25.1 Å². The van der Waals surface area contributed by atoms with E-state index in [2.05, 4.69) is 26.8 Å². The largest absolute Gasteiger partial charge is 0.295 e. The maximum atomic E-state index is 14.8. The number of alkyl halides is 1. The average Bonchev–Trinajstić information content (AvgIpc) is 2.87. The Balaban J connectivity index is 1.74. The van der Waals surface area contributed by atoms with Gasteiger partial charge in [0.15, 0.2) is 5.52 Å². The van der Waals surface area contributed by atoms with Crippen LogP contribution >= 0.6 is 0 Å². The van der Waals surface area contributed by atoms with Crippen LogP contribution in [0, 0.1) is 11.8 Å². The molecule has 0 amide bonds. The molecule has 136 valence electrons. The minimum Gasteiger partial charge on any atom is -0.295 e. The summed E-state index contributed by atoms with van der Waals surface area (Å²) in [7, 11) is 0. The maximum absolute atomic E-state index is 14.8. The van der Waals surface area contributed by atoms with Gasteiger partial charge in [0.05, 0.1) is 5.52 Å². The minimum absolute atomic E-state index is 0.209. The van der Waals surface area contributed by atoms with Gasteiger partial charge in [0, 0.05) is 30.9 Å². The van der Waals surface area contributed by atoms with Crippen molar-refractivity contribution in [3.63, 3.8) is 0 Å². The maximum Gasteiger partial charge on any atom is 0.280 e. The van der Waals surface area contributed by atoms with E-state index in [-0.39, 0.29) is 5.56 Å². The number of nitrogens with zero attached hydrogens (tertiary/aromatic N) is 4. The Bertz CT molecular complexity index is 1110. The van der Waals surface area contributed by atoms with Gasteiger partial charge in [-0.1, -0.05) is 18.9 Å². The second kappa shape index (κ2) is 6.92. The van der Waals surface area contributed by atoms with Crippen LogP contribution in [-0.4, -0.2) is 25.2 Å². The van der Waals surface area contributed by atoms with Gasteiger partial charge in [-0.3, -0.25) is 9.36 Å². The molecule has 0 N–H and O–H groups in total. The molecule has 5 nitrogen and oxygen atoms in total. The normalized spacial score (nSPS) is 19.0. The van der Waals surface area contributed by atoms with E-state index in [0.717, 1.165) is 0 Å². The number of aromatic nitrogens is 4. The fourth-order valence-corrected chi connectivity index (χ4v) is 3.34. The lowest BCUT2D eigenvalue weighted by Crippen LogP contribution is -2.26. The Morgan fingerprint density at radius 1 is 1.26 bits per heavy atom. The van der Waals surface area contributed by atoms with Crippen molar-refractivity contribution in [2.24, 2.45) is 0 Å². The Labute approximate surface area is 156 Å². The van der Waals surface area contributed by atoms with Crippen LogP contribution in [0.25, 0.3) is 11.0 Å². The van der Waals surface area contributed by atoms with Crippen LogP contribution < -0.4 is 5.56 Å². The van der Waals surface area contributed by atoms with Crippen molar-refractivity contribution in [1.29, 1.82) is 0 Å². The summed E-state index contributed by atoms with van der Waals surface area (Å²) in [6.45, 7) is 2.18. The second-order valence-corrected chi connectivity index (χ2v) is 6.80. The predicted molar refractivity (Wildman–Crippen MR) is 101 cm³/mol. The Kier molecular flexibility index (Phi) is 4.44. The lowest BCUT2D eigenvalue weighted by Gasteiger charge is -2.20.